The molecule has 6 rings (SSSR count). The lowest BCUT2D eigenvalue weighted by atomic mass is 9.92. The summed E-state index contributed by atoms with van der Waals surface area (Å²) in [4.78, 5) is 22.2. The molecule has 3 heterocycles. The third-order valence-corrected chi connectivity index (χ3v) is 6.78. The number of fused-ring (bicyclic) bond motifs is 3. The second kappa shape index (κ2) is 5.84. The highest BCUT2D eigenvalue weighted by Gasteiger charge is 2.55. The van der Waals surface area contributed by atoms with Gasteiger partial charge in [-0.2, -0.15) is 0 Å². The third-order valence-electron chi connectivity index (χ3n) is 6.78. The Morgan fingerprint density at radius 2 is 2.07 bits per heavy atom. The molecule has 0 aromatic carbocycles. The van der Waals surface area contributed by atoms with Crippen molar-refractivity contribution in [1.82, 2.24) is 20.4 Å². The zero-order valence-corrected chi connectivity index (χ0v) is 15.9. The van der Waals surface area contributed by atoms with Gasteiger partial charge in [0.05, 0.1) is 22.3 Å². The van der Waals surface area contributed by atoms with E-state index < -0.39 is 11.2 Å². The minimum absolute atomic E-state index is 0.196. The normalized spacial score (nSPS) is 28.2. The van der Waals surface area contributed by atoms with Gasteiger partial charge in [0.25, 0.3) is 11.6 Å². The van der Waals surface area contributed by atoms with Crippen LogP contribution in [0.3, 0.4) is 0 Å². The Kier molecular flexibility index (Phi) is 3.44. The number of nitrogens with one attached hydrogen (secondary N) is 1. The molecule has 7 heteroatoms. The van der Waals surface area contributed by atoms with E-state index in [0.29, 0.717) is 60.4 Å². The van der Waals surface area contributed by atoms with Gasteiger partial charge >= 0.3 is 0 Å². The lowest BCUT2D eigenvalue weighted by Gasteiger charge is -2.27. The number of nitrogens with zero attached hydrogens (tertiary/aromatic N) is 3. The second-order valence-electron chi connectivity index (χ2n) is 8.88. The van der Waals surface area contributed by atoms with E-state index in [-0.39, 0.29) is 5.91 Å². The Morgan fingerprint density at radius 3 is 2.72 bits per heavy atom. The molecule has 29 heavy (non-hydrogen) atoms. The van der Waals surface area contributed by atoms with Crippen molar-refractivity contribution in [3.63, 3.8) is 0 Å². The fourth-order valence-electron chi connectivity index (χ4n) is 5.06. The van der Waals surface area contributed by atoms with E-state index in [4.69, 9.17) is 4.52 Å². The number of halogens is 1. The predicted molar refractivity (Wildman–Crippen MR) is 104 cm³/mol. The van der Waals surface area contributed by atoms with Gasteiger partial charge in [-0.3, -0.25) is 9.78 Å². The van der Waals surface area contributed by atoms with Gasteiger partial charge in [-0.05, 0) is 56.7 Å². The fourth-order valence-corrected chi connectivity index (χ4v) is 5.06. The maximum atomic E-state index is 14.7. The summed E-state index contributed by atoms with van der Waals surface area (Å²) in [5.41, 5.74) is 1.55. The number of pyridine rings is 2. The molecular formula is C22H21FN4O2. The molecule has 3 aliphatic rings. The molecule has 3 aromatic rings. The summed E-state index contributed by atoms with van der Waals surface area (Å²) < 4.78 is 20.2. The number of amides is 1. The van der Waals surface area contributed by atoms with Crippen LogP contribution >= 0.6 is 0 Å². The van der Waals surface area contributed by atoms with Crippen molar-refractivity contribution in [2.75, 3.05) is 0 Å². The van der Waals surface area contributed by atoms with E-state index in [2.05, 4.69) is 20.4 Å². The minimum Gasteiger partial charge on any atom is -0.346 e. The number of hydrogen-bond donors (Lipinski definition) is 1. The monoisotopic (exact) mass is 392 g/mol. The Bertz CT molecular complexity index is 1110. The van der Waals surface area contributed by atoms with E-state index in [1.165, 1.54) is 0 Å². The summed E-state index contributed by atoms with van der Waals surface area (Å²) >= 11 is 0. The summed E-state index contributed by atoms with van der Waals surface area (Å²) in [7, 11) is 0. The van der Waals surface area contributed by atoms with Crippen LogP contribution in [0.25, 0.3) is 22.4 Å². The predicted octanol–water partition coefficient (Wildman–Crippen LogP) is 4.32. The van der Waals surface area contributed by atoms with Gasteiger partial charge in [-0.15, -0.1) is 0 Å². The van der Waals surface area contributed by atoms with Gasteiger partial charge in [0.15, 0.2) is 0 Å². The molecule has 3 aromatic heterocycles. The molecule has 0 atom stereocenters. The standard InChI is InChI=1S/C22H21FN4O2/c23-21-5-7-22(12-21,8-6-21)26-19(28)15-10-16(14-2-1-9-24-11-14)25-20-17(15)18(27-29-20)13-3-4-13/h1-2,9-11,13H,3-8,12H2,(H,26,28). The summed E-state index contributed by atoms with van der Waals surface area (Å²) in [5.74, 6) is 0.127. The average Bonchev–Trinajstić information content (AvgIpc) is 3.28. The molecular weight excluding hydrogens is 371 g/mol. The molecule has 0 aliphatic heterocycles. The quantitative estimate of drug-likeness (QED) is 0.715. The van der Waals surface area contributed by atoms with Crippen molar-refractivity contribution >= 4 is 17.0 Å². The first-order valence-corrected chi connectivity index (χ1v) is 10.3. The summed E-state index contributed by atoms with van der Waals surface area (Å²) in [6, 6.07) is 5.51. The first kappa shape index (κ1) is 17.1. The molecule has 0 radical (unpaired) electrons. The van der Waals surface area contributed by atoms with Gasteiger partial charge in [0.1, 0.15) is 5.67 Å². The lowest BCUT2D eigenvalue weighted by Crippen LogP contribution is -2.45. The molecule has 2 bridgehead atoms. The highest BCUT2D eigenvalue weighted by molar-refractivity contribution is 6.07. The second-order valence-corrected chi connectivity index (χ2v) is 8.88. The molecule has 0 unspecified atom stereocenters. The van der Waals surface area contributed by atoms with Gasteiger partial charge in [0, 0.05) is 35.8 Å². The van der Waals surface area contributed by atoms with Crippen LogP contribution in [0.5, 0.6) is 0 Å². The molecule has 1 amide bonds. The lowest BCUT2D eigenvalue weighted by molar-refractivity contribution is 0.0902. The average molecular weight is 392 g/mol. The summed E-state index contributed by atoms with van der Waals surface area (Å²) in [5, 5.41) is 8.10. The van der Waals surface area contributed by atoms with Crippen molar-refractivity contribution in [2.45, 2.75) is 62.1 Å². The highest BCUT2D eigenvalue weighted by Crippen LogP contribution is 2.53. The molecule has 0 saturated heterocycles. The van der Waals surface area contributed by atoms with E-state index in [0.717, 1.165) is 24.1 Å². The van der Waals surface area contributed by atoms with Crippen molar-refractivity contribution < 1.29 is 13.7 Å². The Hall–Kier alpha value is -2.83. The topological polar surface area (TPSA) is 80.9 Å². The van der Waals surface area contributed by atoms with Gasteiger partial charge in [-0.25, -0.2) is 9.37 Å². The fraction of sp³-hybridized carbons (Fsp3) is 0.455. The van der Waals surface area contributed by atoms with Crippen molar-refractivity contribution in [3.8, 4) is 11.3 Å². The smallest absolute Gasteiger partial charge is 0.259 e. The first-order chi connectivity index (χ1) is 14.0. The minimum atomic E-state index is -1.11. The van der Waals surface area contributed by atoms with E-state index in [1.807, 2.05) is 12.1 Å². The number of alkyl halides is 1. The Labute approximate surface area is 166 Å². The molecule has 148 valence electrons. The van der Waals surface area contributed by atoms with Gasteiger partial charge in [0.2, 0.25) is 0 Å². The molecule has 0 spiro atoms. The zero-order valence-electron chi connectivity index (χ0n) is 15.9. The Balaban J connectivity index is 1.45. The number of rotatable bonds is 4. The largest absolute Gasteiger partial charge is 0.346 e. The van der Waals surface area contributed by atoms with Crippen LogP contribution in [-0.2, 0) is 0 Å². The molecule has 3 aliphatic carbocycles. The summed E-state index contributed by atoms with van der Waals surface area (Å²) in [6.07, 6.45) is 8.34. The molecule has 3 fully saturated rings. The highest BCUT2D eigenvalue weighted by atomic mass is 19.1. The van der Waals surface area contributed by atoms with Crippen molar-refractivity contribution in [3.05, 3.63) is 41.9 Å². The van der Waals surface area contributed by atoms with Crippen molar-refractivity contribution in [1.29, 1.82) is 0 Å². The van der Waals surface area contributed by atoms with Crippen LogP contribution in [0.2, 0.25) is 0 Å². The van der Waals surface area contributed by atoms with Gasteiger partial charge in [-0.1, -0.05) is 5.16 Å². The van der Waals surface area contributed by atoms with Crippen LogP contribution < -0.4 is 5.32 Å². The van der Waals surface area contributed by atoms with E-state index in [1.54, 1.807) is 18.5 Å². The first-order valence-electron chi connectivity index (χ1n) is 10.3. The Morgan fingerprint density at radius 1 is 1.24 bits per heavy atom. The number of carbonyl (C=O) groups excluding carboxylic acids is 1. The van der Waals surface area contributed by atoms with Crippen LogP contribution in [0, 0.1) is 0 Å². The van der Waals surface area contributed by atoms with Gasteiger partial charge < -0.3 is 9.84 Å². The number of aromatic nitrogens is 3. The molecule has 6 nitrogen and oxygen atoms in total. The van der Waals surface area contributed by atoms with E-state index >= 15 is 0 Å². The van der Waals surface area contributed by atoms with Crippen LogP contribution in [-0.4, -0.2) is 32.2 Å². The number of hydrogen-bond acceptors (Lipinski definition) is 5. The number of carbonyl (C=O) groups is 1. The van der Waals surface area contributed by atoms with Crippen LogP contribution in [0.1, 0.15) is 66.9 Å². The SMILES string of the molecule is O=C(NC12CCC(F)(CC1)C2)c1cc(-c2cccnc2)nc2onc(C3CC3)c12. The summed E-state index contributed by atoms with van der Waals surface area (Å²) in [6.45, 7) is 0. The van der Waals surface area contributed by atoms with Crippen molar-refractivity contribution in [2.24, 2.45) is 0 Å². The third kappa shape index (κ3) is 2.74. The van der Waals surface area contributed by atoms with E-state index in [9.17, 15) is 9.18 Å². The maximum absolute atomic E-state index is 14.7. The zero-order chi connectivity index (χ0) is 19.6. The maximum Gasteiger partial charge on any atom is 0.259 e. The van der Waals surface area contributed by atoms with Crippen LogP contribution in [0.4, 0.5) is 4.39 Å². The van der Waals surface area contributed by atoms with Crippen LogP contribution in [0.15, 0.2) is 35.1 Å². The molecule has 1 N–H and O–H groups in total. The molecule has 3 saturated carbocycles.